The highest BCUT2D eigenvalue weighted by molar-refractivity contribution is 7.99. The fourth-order valence-corrected chi connectivity index (χ4v) is 3.87. The van der Waals surface area contributed by atoms with E-state index in [1.54, 1.807) is 0 Å². The number of carbonyl (C=O) groups is 1. The predicted molar refractivity (Wildman–Crippen MR) is 111 cm³/mol. The van der Waals surface area contributed by atoms with Gasteiger partial charge in [0.25, 0.3) is 5.56 Å². The summed E-state index contributed by atoms with van der Waals surface area (Å²) < 4.78 is 3.90. The highest BCUT2D eigenvalue weighted by atomic mass is 32.2. The lowest BCUT2D eigenvalue weighted by Gasteiger charge is -2.11. The smallest absolute Gasteiger partial charge is 0.332 e. The van der Waals surface area contributed by atoms with E-state index >= 15 is 0 Å². The van der Waals surface area contributed by atoms with Crippen LogP contribution in [0, 0.1) is 0 Å². The number of aromatic nitrogens is 5. The molecule has 3 aromatic rings. The zero-order valence-corrected chi connectivity index (χ0v) is 17.3. The van der Waals surface area contributed by atoms with Crippen LogP contribution in [-0.2, 0) is 27.1 Å². The van der Waals surface area contributed by atoms with Crippen molar-refractivity contribution in [2.75, 3.05) is 11.5 Å². The quantitative estimate of drug-likeness (QED) is 0.450. The Hall–Kier alpha value is -3.14. The minimum Gasteiger partial charge on any atom is -0.384 e. The molecule has 0 aliphatic carbocycles. The highest BCUT2D eigenvalue weighted by Gasteiger charge is 2.21. The largest absolute Gasteiger partial charge is 0.384 e. The Morgan fingerprint density at radius 2 is 1.79 bits per heavy atom. The number of thioether (sulfide) groups is 1. The molecule has 2 aromatic heterocycles. The summed E-state index contributed by atoms with van der Waals surface area (Å²) in [5, 5.41) is 9.04. The summed E-state index contributed by atoms with van der Waals surface area (Å²) in [4.78, 5) is 36.9. The molecule has 3 rings (SSSR count). The average Bonchev–Trinajstić information content (AvgIpc) is 3.11. The minimum absolute atomic E-state index is 0.0406. The minimum atomic E-state index is -0.696. The van der Waals surface area contributed by atoms with Crippen LogP contribution in [0.2, 0.25) is 0 Å². The van der Waals surface area contributed by atoms with Gasteiger partial charge in [-0.3, -0.25) is 18.7 Å². The van der Waals surface area contributed by atoms with Crippen molar-refractivity contribution in [3.63, 3.8) is 0 Å². The first-order valence-electron chi connectivity index (χ1n) is 9.02. The molecule has 0 fully saturated rings. The van der Waals surface area contributed by atoms with Gasteiger partial charge in [0, 0.05) is 27.1 Å². The first-order chi connectivity index (χ1) is 13.8. The molecular formula is C19H22N6O3S. The Morgan fingerprint density at radius 3 is 2.45 bits per heavy atom. The number of ketones is 1. The van der Waals surface area contributed by atoms with Crippen LogP contribution in [-0.4, -0.2) is 35.4 Å². The van der Waals surface area contributed by atoms with E-state index in [4.69, 9.17) is 5.73 Å². The van der Waals surface area contributed by atoms with Gasteiger partial charge in [-0.1, -0.05) is 42.1 Å². The molecule has 1 aromatic carbocycles. The van der Waals surface area contributed by atoms with Crippen molar-refractivity contribution in [1.82, 2.24) is 23.9 Å². The standard InChI is InChI=1S/C19H22N6O3S/c1-4-25-14(10-12-8-6-5-7-9-12)21-22-18(25)29-11-13(26)15-16(20)23(2)19(28)24(3)17(15)27/h5-9H,4,10-11,20H2,1-3H3. The molecule has 0 amide bonds. The molecule has 0 saturated heterocycles. The molecule has 9 nitrogen and oxygen atoms in total. The van der Waals surface area contributed by atoms with Crippen molar-refractivity contribution >= 4 is 23.4 Å². The van der Waals surface area contributed by atoms with Gasteiger partial charge in [-0.2, -0.15) is 0 Å². The van der Waals surface area contributed by atoms with Crippen molar-refractivity contribution in [2.45, 2.75) is 25.0 Å². The second-order valence-corrected chi connectivity index (χ2v) is 7.43. The van der Waals surface area contributed by atoms with E-state index in [1.165, 1.54) is 25.9 Å². The lowest BCUT2D eigenvalue weighted by atomic mass is 10.1. The SMILES string of the molecule is CCn1c(Cc2ccccc2)nnc1SCC(=O)c1c(N)n(C)c(=O)n(C)c1=O. The second-order valence-electron chi connectivity index (χ2n) is 6.48. The maximum atomic E-state index is 12.7. The van der Waals surface area contributed by atoms with Crippen molar-refractivity contribution in [1.29, 1.82) is 0 Å². The van der Waals surface area contributed by atoms with Gasteiger partial charge in [-0.25, -0.2) is 4.79 Å². The predicted octanol–water partition coefficient (Wildman–Crippen LogP) is 0.843. The maximum absolute atomic E-state index is 12.7. The van der Waals surface area contributed by atoms with Crippen molar-refractivity contribution < 1.29 is 4.79 Å². The molecule has 10 heteroatoms. The zero-order valence-electron chi connectivity index (χ0n) is 16.5. The number of Topliss-reactive ketones (excluding diaryl/α,β-unsaturated/α-hetero) is 1. The summed E-state index contributed by atoms with van der Waals surface area (Å²) in [7, 11) is 2.74. The van der Waals surface area contributed by atoms with E-state index in [1.807, 2.05) is 41.8 Å². The molecule has 2 N–H and O–H groups in total. The monoisotopic (exact) mass is 414 g/mol. The molecule has 0 aliphatic rings. The summed E-state index contributed by atoms with van der Waals surface area (Å²) in [6, 6.07) is 9.92. The van der Waals surface area contributed by atoms with Crippen molar-refractivity contribution in [3.05, 3.63) is 68.1 Å². The molecule has 0 atom stereocenters. The van der Waals surface area contributed by atoms with Crippen LogP contribution in [0.3, 0.4) is 0 Å². The van der Waals surface area contributed by atoms with Crippen LogP contribution in [0.25, 0.3) is 0 Å². The number of nitrogens with two attached hydrogens (primary N) is 1. The lowest BCUT2D eigenvalue weighted by Crippen LogP contribution is -2.41. The third-order valence-corrected chi connectivity index (χ3v) is 5.60. The summed E-state index contributed by atoms with van der Waals surface area (Å²) in [6.45, 7) is 2.62. The van der Waals surface area contributed by atoms with Crippen molar-refractivity contribution in [3.8, 4) is 0 Å². The van der Waals surface area contributed by atoms with E-state index in [9.17, 15) is 14.4 Å². The molecule has 29 heavy (non-hydrogen) atoms. The van der Waals surface area contributed by atoms with E-state index in [0.717, 1.165) is 20.5 Å². The molecule has 0 saturated carbocycles. The molecule has 0 aliphatic heterocycles. The van der Waals surface area contributed by atoms with E-state index in [2.05, 4.69) is 10.2 Å². The number of benzene rings is 1. The van der Waals surface area contributed by atoms with Gasteiger partial charge in [0.05, 0.1) is 5.75 Å². The van der Waals surface area contributed by atoms with Crippen LogP contribution >= 0.6 is 11.8 Å². The van der Waals surface area contributed by atoms with Gasteiger partial charge in [0.1, 0.15) is 17.2 Å². The van der Waals surface area contributed by atoms with Crippen LogP contribution in [0.5, 0.6) is 0 Å². The Bertz CT molecular complexity index is 1160. The molecule has 0 radical (unpaired) electrons. The summed E-state index contributed by atoms with van der Waals surface area (Å²) >= 11 is 1.19. The molecule has 0 unspecified atom stereocenters. The van der Waals surface area contributed by atoms with E-state index < -0.39 is 17.0 Å². The molecule has 152 valence electrons. The van der Waals surface area contributed by atoms with Gasteiger partial charge in [-0.05, 0) is 12.5 Å². The number of hydrogen-bond acceptors (Lipinski definition) is 7. The van der Waals surface area contributed by atoms with Gasteiger partial charge in [0.2, 0.25) is 0 Å². The van der Waals surface area contributed by atoms with Crippen LogP contribution in [0.1, 0.15) is 28.7 Å². The maximum Gasteiger partial charge on any atom is 0.332 e. The number of nitrogen functional groups attached to an aromatic ring is 1. The zero-order chi connectivity index (χ0) is 21.1. The summed E-state index contributed by atoms with van der Waals surface area (Å²) in [5.41, 5.74) is 5.51. The van der Waals surface area contributed by atoms with Gasteiger partial charge in [0.15, 0.2) is 10.9 Å². The number of rotatable bonds is 7. The third kappa shape index (κ3) is 4.02. The lowest BCUT2D eigenvalue weighted by molar-refractivity contribution is 0.102. The number of anilines is 1. The van der Waals surface area contributed by atoms with Crippen molar-refractivity contribution in [2.24, 2.45) is 14.1 Å². The third-order valence-electron chi connectivity index (χ3n) is 4.64. The van der Waals surface area contributed by atoms with Gasteiger partial charge >= 0.3 is 5.69 Å². The molecule has 0 spiro atoms. The highest BCUT2D eigenvalue weighted by Crippen LogP contribution is 2.20. The average molecular weight is 414 g/mol. The number of hydrogen-bond donors (Lipinski definition) is 1. The summed E-state index contributed by atoms with van der Waals surface area (Å²) in [6.07, 6.45) is 0.629. The van der Waals surface area contributed by atoms with Crippen LogP contribution in [0.15, 0.2) is 45.1 Å². The van der Waals surface area contributed by atoms with Crippen LogP contribution in [0.4, 0.5) is 5.82 Å². The van der Waals surface area contributed by atoms with E-state index in [-0.39, 0.29) is 17.1 Å². The number of carbonyl (C=O) groups excluding carboxylic acids is 1. The van der Waals surface area contributed by atoms with Gasteiger partial charge < -0.3 is 10.3 Å². The normalized spacial score (nSPS) is 11.0. The van der Waals surface area contributed by atoms with Crippen LogP contribution < -0.4 is 17.0 Å². The Balaban J connectivity index is 1.81. The topological polar surface area (TPSA) is 118 Å². The Morgan fingerprint density at radius 1 is 1.10 bits per heavy atom. The Labute approximate surface area is 171 Å². The first kappa shape index (κ1) is 20.6. The fourth-order valence-electron chi connectivity index (χ4n) is 2.98. The number of nitrogens with zero attached hydrogens (tertiary/aromatic N) is 5. The van der Waals surface area contributed by atoms with Gasteiger partial charge in [-0.15, -0.1) is 10.2 Å². The second kappa shape index (κ2) is 8.48. The van der Waals surface area contributed by atoms with E-state index in [0.29, 0.717) is 18.1 Å². The Kier molecular flexibility index (Phi) is 6.02. The molecular weight excluding hydrogens is 392 g/mol. The molecule has 0 bridgehead atoms. The summed E-state index contributed by atoms with van der Waals surface area (Å²) in [5.74, 6) is 0.164. The molecule has 2 heterocycles. The fraction of sp³-hybridized carbons (Fsp3) is 0.316. The first-order valence-corrected chi connectivity index (χ1v) is 10.0.